The van der Waals surface area contributed by atoms with E-state index in [0.717, 1.165) is 24.1 Å². The first-order valence-electron chi connectivity index (χ1n) is 8.52. The lowest BCUT2D eigenvalue weighted by Crippen LogP contribution is -2.23. The van der Waals surface area contributed by atoms with Crippen LogP contribution in [0, 0.1) is 5.92 Å². The Morgan fingerprint density at radius 2 is 2.25 bits per heavy atom. The Morgan fingerprint density at radius 1 is 1.33 bits per heavy atom. The van der Waals surface area contributed by atoms with Gasteiger partial charge in [-0.3, -0.25) is 9.78 Å². The van der Waals surface area contributed by atoms with Gasteiger partial charge in [-0.05, 0) is 61.1 Å². The molecule has 122 valence electrons. The van der Waals surface area contributed by atoms with Gasteiger partial charge in [0, 0.05) is 28.4 Å². The van der Waals surface area contributed by atoms with Crippen molar-refractivity contribution in [3.63, 3.8) is 0 Å². The smallest absolute Gasteiger partial charge is 0.251 e. The Bertz CT molecular complexity index is 883. The van der Waals surface area contributed by atoms with Gasteiger partial charge in [0.15, 0.2) is 0 Å². The summed E-state index contributed by atoms with van der Waals surface area (Å²) in [5, 5.41) is 4.15. The van der Waals surface area contributed by atoms with E-state index < -0.39 is 0 Å². The van der Waals surface area contributed by atoms with Crippen molar-refractivity contribution in [2.75, 3.05) is 0 Å². The molecule has 2 aromatic heterocycles. The third-order valence-corrected chi connectivity index (χ3v) is 4.85. The zero-order valence-electron chi connectivity index (χ0n) is 13.8. The number of aromatic nitrogens is 2. The van der Waals surface area contributed by atoms with Crippen molar-refractivity contribution in [1.29, 1.82) is 0 Å². The van der Waals surface area contributed by atoms with Gasteiger partial charge in [-0.1, -0.05) is 13.0 Å². The second-order valence-electron chi connectivity index (χ2n) is 6.69. The summed E-state index contributed by atoms with van der Waals surface area (Å²) in [6.07, 6.45) is 5.17. The third kappa shape index (κ3) is 2.80. The minimum absolute atomic E-state index is 0.0543. The van der Waals surface area contributed by atoms with Gasteiger partial charge in [-0.25, -0.2) is 0 Å². The number of fused-ring (bicyclic) bond motifs is 3. The second-order valence-corrected chi connectivity index (χ2v) is 6.69. The lowest BCUT2D eigenvalue weighted by Gasteiger charge is -2.18. The number of rotatable bonds is 3. The molecule has 0 spiro atoms. The number of nitrogens with one attached hydrogen (secondary N) is 2. The minimum atomic E-state index is -0.0543. The predicted octanol–water partition coefficient (Wildman–Crippen LogP) is 3.62. The summed E-state index contributed by atoms with van der Waals surface area (Å²) in [5.74, 6) is 0.652. The number of hydrogen-bond acceptors (Lipinski definition) is 2. The summed E-state index contributed by atoms with van der Waals surface area (Å²) in [7, 11) is 0. The van der Waals surface area contributed by atoms with Crippen molar-refractivity contribution >= 4 is 16.8 Å². The first-order valence-corrected chi connectivity index (χ1v) is 8.52. The van der Waals surface area contributed by atoms with Crippen LogP contribution in [-0.4, -0.2) is 15.9 Å². The lowest BCUT2D eigenvalue weighted by atomic mass is 9.87. The van der Waals surface area contributed by atoms with Gasteiger partial charge in [-0.2, -0.15) is 0 Å². The molecule has 0 aliphatic heterocycles. The van der Waals surface area contributed by atoms with E-state index in [1.165, 1.54) is 23.1 Å². The summed E-state index contributed by atoms with van der Waals surface area (Å²) >= 11 is 0. The van der Waals surface area contributed by atoms with E-state index in [0.29, 0.717) is 18.0 Å². The van der Waals surface area contributed by atoms with Crippen LogP contribution in [-0.2, 0) is 19.4 Å². The molecule has 0 saturated carbocycles. The maximum Gasteiger partial charge on any atom is 0.251 e. The molecule has 2 heterocycles. The van der Waals surface area contributed by atoms with Gasteiger partial charge in [0.25, 0.3) is 5.91 Å². The van der Waals surface area contributed by atoms with Crippen LogP contribution in [0.5, 0.6) is 0 Å². The fourth-order valence-electron chi connectivity index (χ4n) is 3.51. The SMILES string of the molecule is C[C@H]1CCc2[nH]c3ccc(C(=O)NCc4ccccn4)cc3c2C1. The van der Waals surface area contributed by atoms with E-state index in [1.54, 1.807) is 6.20 Å². The predicted molar refractivity (Wildman–Crippen MR) is 94.9 cm³/mol. The molecule has 3 aromatic rings. The molecule has 1 aliphatic rings. The van der Waals surface area contributed by atoms with Gasteiger partial charge >= 0.3 is 0 Å². The first kappa shape index (κ1) is 14.9. The summed E-state index contributed by atoms with van der Waals surface area (Å²) < 4.78 is 0. The summed E-state index contributed by atoms with van der Waals surface area (Å²) in [4.78, 5) is 20.2. The van der Waals surface area contributed by atoms with E-state index in [2.05, 4.69) is 22.2 Å². The summed E-state index contributed by atoms with van der Waals surface area (Å²) in [5.41, 5.74) is 5.44. The second kappa shape index (κ2) is 6.11. The highest BCUT2D eigenvalue weighted by Crippen LogP contribution is 2.32. The lowest BCUT2D eigenvalue weighted by molar-refractivity contribution is 0.0950. The average Bonchev–Trinajstić information content (AvgIpc) is 2.97. The number of H-pyrrole nitrogens is 1. The van der Waals surface area contributed by atoms with Gasteiger partial charge in [0.05, 0.1) is 12.2 Å². The molecule has 1 aromatic carbocycles. The minimum Gasteiger partial charge on any atom is -0.358 e. The molecule has 24 heavy (non-hydrogen) atoms. The molecule has 1 atom stereocenters. The Kier molecular flexibility index (Phi) is 3.81. The molecule has 0 saturated heterocycles. The monoisotopic (exact) mass is 319 g/mol. The zero-order chi connectivity index (χ0) is 16.5. The molecule has 4 rings (SSSR count). The highest BCUT2D eigenvalue weighted by Gasteiger charge is 2.20. The van der Waals surface area contributed by atoms with Gasteiger partial charge in [-0.15, -0.1) is 0 Å². The molecule has 4 nitrogen and oxygen atoms in total. The fraction of sp³-hybridized carbons (Fsp3) is 0.300. The maximum absolute atomic E-state index is 12.5. The van der Waals surface area contributed by atoms with Crippen LogP contribution in [0.15, 0.2) is 42.6 Å². The van der Waals surface area contributed by atoms with E-state index in [-0.39, 0.29) is 5.91 Å². The molecule has 1 aliphatic carbocycles. The zero-order valence-corrected chi connectivity index (χ0v) is 13.8. The van der Waals surface area contributed by atoms with Crippen molar-refractivity contribution in [2.24, 2.45) is 5.92 Å². The topological polar surface area (TPSA) is 57.8 Å². The molecule has 0 bridgehead atoms. The van der Waals surface area contributed by atoms with Crippen LogP contribution in [0.3, 0.4) is 0 Å². The normalized spacial score (nSPS) is 16.8. The number of carbonyl (C=O) groups excluding carboxylic acids is 1. The number of aromatic amines is 1. The Balaban J connectivity index is 1.58. The number of hydrogen-bond donors (Lipinski definition) is 2. The first-order chi connectivity index (χ1) is 11.7. The fourth-order valence-corrected chi connectivity index (χ4v) is 3.51. The molecule has 0 fully saturated rings. The van der Waals surface area contributed by atoms with Crippen LogP contribution >= 0.6 is 0 Å². The van der Waals surface area contributed by atoms with Crippen LogP contribution in [0.2, 0.25) is 0 Å². The number of pyridine rings is 1. The maximum atomic E-state index is 12.5. The highest BCUT2D eigenvalue weighted by molar-refractivity contribution is 5.99. The number of carbonyl (C=O) groups is 1. The van der Waals surface area contributed by atoms with Crippen molar-refractivity contribution in [2.45, 2.75) is 32.7 Å². The number of benzene rings is 1. The standard InChI is InChI=1S/C20H21N3O/c1-13-5-7-18-16(10-13)17-11-14(6-8-19(17)23-18)20(24)22-12-15-4-2-3-9-21-15/h2-4,6,8-9,11,13,23H,5,7,10,12H2,1H3,(H,22,24)/t13-/m0/s1. The van der Waals surface area contributed by atoms with E-state index in [1.807, 2.05) is 36.4 Å². The quantitative estimate of drug-likeness (QED) is 0.774. The molecule has 0 unspecified atom stereocenters. The summed E-state index contributed by atoms with van der Waals surface area (Å²) in [6.45, 7) is 2.74. The Hall–Kier alpha value is -2.62. The molecule has 4 heteroatoms. The van der Waals surface area contributed by atoms with E-state index >= 15 is 0 Å². The van der Waals surface area contributed by atoms with Crippen LogP contribution in [0.4, 0.5) is 0 Å². The number of aryl methyl sites for hydroxylation is 1. The van der Waals surface area contributed by atoms with E-state index in [9.17, 15) is 4.79 Å². The molecule has 2 N–H and O–H groups in total. The van der Waals surface area contributed by atoms with Gasteiger partial charge in [0.1, 0.15) is 0 Å². The Labute approximate surface area is 141 Å². The van der Waals surface area contributed by atoms with Crippen LogP contribution in [0.1, 0.15) is 40.7 Å². The number of nitrogens with zero attached hydrogens (tertiary/aromatic N) is 1. The van der Waals surface area contributed by atoms with Crippen molar-refractivity contribution in [1.82, 2.24) is 15.3 Å². The van der Waals surface area contributed by atoms with Crippen LogP contribution < -0.4 is 5.32 Å². The van der Waals surface area contributed by atoms with Crippen molar-refractivity contribution < 1.29 is 4.79 Å². The van der Waals surface area contributed by atoms with Crippen molar-refractivity contribution in [3.05, 3.63) is 65.1 Å². The molecular formula is C20H21N3O. The highest BCUT2D eigenvalue weighted by atomic mass is 16.1. The van der Waals surface area contributed by atoms with Gasteiger partial charge < -0.3 is 10.3 Å². The van der Waals surface area contributed by atoms with Crippen molar-refractivity contribution in [3.8, 4) is 0 Å². The molecular weight excluding hydrogens is 298 g/mol. The molecule has 1 amide bonds. The largest absolute Gasteiger partial charge is 0.358 e. The molecule has 0 radical (unpaired) electrons. The third-order valence-electron chi connectivity index (χ3n) is 4.85. The number of amides is 1. The Morgan fingerprint density at radius 3 is 3.08 bits per heavy atom. The van der Waals surface area contributed by atoms with Gasteiger partial charge in [0.2, 0.25) is 0 Å². The average molecular weight is 319 g/mol. The van der Waals surface area contributed by atoms with Crippen LogP contribution in [0.25, 0.3) is 10.9 Å². The van der Waals surface area contributed by atoms with E-state index in [4.69, 9.17) is 0 Å². The summed E-state index contributed by atoms with van der Waals surface area (Å²) in [6, 6.07) is 11.6.